The van der Waals surface area contributed by atoms with Gasteiger partial charge in [-0.25, -0.2) is 14.8 Å². The summed E-state index contributed by atoms with van der Waals surface area (Å²) in [7, 11) is 0. The molecular formula is C31H49N5O4. The lowest BCUT2D eigenvalue weighted by molar-refractivity contribution is -0.383. The zero-order valence-corrected chi connectivity index (χ0v) is 24.8. The number of ether oxygens (including phenoxy) is 1. The van der Waals surface area contributed by atoms with Gasteiger partial charge in [0.2, 0.25) is 11.6 Å². The number of aromatic nitrogens is 2. The molecule has 9 nitrogen and oxygen atoms in total. The molecule has 1 aromatic heterocycles. The standard InChI is InChI=1S/C31H49N5O4/c1-4-5-6-7-8-9-10-11-12-13-14-15-16-17-22-32-29-28(36(38)39)30(34-24-33-29)35-27-20-18-26(19-21-27)31(37)40-23-25(2)3/h18-21,24-25H,4-17,22-23H2,1-3H3,(H2,32,33,34,35). The van der Waals surface area contributed by atoms with Crippen LogP contribution >= 0.6 is 0 Å². The molecule has 0 fully saturated rings. The van der Waals surface area contributed by atoms with E-state index in [9.17, 15) is 14.9 Å². The summed E-state index contributed by atoms with van der Waals surface area (Å²) in [6, 6.07) is 6.57. The molecule has 0 atom stereocenters. The van der Waals surface area contributed by atoms with Crippen LogP contribution in [0.3, 0.4) is 0 Å². The van der Waals surface area contributed by atoms with Crippen molar-refractivity contribution in [2.45, 2.75) is 111 Å². The summed E-state index contributed by atoms with van der Waals surface area (Å²) in [5, 5.41) is 17.9. The average molecular weight is 556 g/mol. The van der Waals surface area contributed by atoms with Gasteiger partial charge in [-0.1, -0.05) is 104 Å². The van der Waals surface area contributed by atoms with Crippen LogP contribution in [0.4, 0.5) is 23.0 Å². The van der Waals surface area contributed by atoms with E-state index in [0.717, 1.165) is 12.8 Å². The normalized spacial score (nSPS) is 11.0. The fraction of sp³-hybridized carbons (Fsp3) is 0.645. The summed E-state index contributed by atoms with van der Waals surface area (Å²) in [5.74, 6) is 0.147. The SMILES string of the molecule is CCCCCCCCCCCCCCCCNc1ncnc(Nc2ccc(C(=O)OCC(C)C)cc2)c1[N+](=O)[O-]. The van der Waals surface area contributed by atoms with E-state index in [0.29, 0.717) is 24.4 Å². The number of hydrogen-bond acceptors (Lipinski definition) is 8. The van der Waals surface area contributed by atoms with Crippen molar-refractivity contribution in [1.29, 1.82) is 0 Å². The molecule has 1 heterocycles. The Morgan fingerprint density at radius 1 is 0.850 bits per heavy atom. The van der Waals surface area contributed by atoms with Crippen LogP contribution in [0.25, 0.3) is 0 Å². The minimum absolute atomic E-state index is 0.0959. The maximum absolute atomic E-state index is 12.1. The average Bonchev–Trinajstić information content (AvgIpc) is 2.94. The van der Waals surface area contributed by atoms with E-state index in [1.165, 1.54) is 83.4 Å². The van der Waals surface area contributed by atoms with E-state index in [4.69, 9.17) is 4.74 Å². The first-order chi connectivity index (χ1) is 19.4. The number of anilines is 3. The van der Waals surface area contributed by atoms with Gasteiger partial charge >= 0.3 is 11.7 Å². The van der Waals surface area contributed by atoms with Crippen molar-refractivity contribution in [3.05, 3.63) is 46.3 Å². The molecule has 2 rings (SSSR count). The van der Waals surface area contributed by atoms with E-state index in [2.05, 4.69) is 27.5 Å². The monoisotopic (exact) mass is 555 g/mol. The van der Waals surface area contributed by atoms with Gasteiger partial charge in [0.05, 0.1) is 17.1 Å². The van der Waals surface area contributed by atoms with Crippen molar-refractivity contribution < 1.29 is 14.5 Å². The maximum Gasteiger partial charge on any atom is 0.353 e. The van der Waals surface area contributed by atoms with Crippen LogP contribution < -0.4 is 10.6 Å². The fourth-order valence-electron chi connectivity index (χ4n) is 4.45. The smallest absolute Gasteiger partial charge is 0.353 e. The molecule has 222 valence electrons. The highest BCUT2D eigenvalue weighted by Crippen LogP contribution is 2.31. The molecule has 0 radical (unpaired) electrons. The van der Waals surface area contributed by atoms with E-state index in [1.807, 2.05) is 13.8 Å². The van der Waals surface area contributed by atoms with Crippen LogP contribution in [0.2, 0.25) is 0 Å². The van der Waals surface area contributed by atoms with Crippen LogP contribution in [0.15, 0.2) is 30.6 Å². The third-order valence-corrected chi connectivity index (χ3v) is 6.76. The number of carbonyl (C=O) groups excluding carboxylic acids is 1. The summed E-state index contributed by atoms with van der Waals surface area (Å²) in [6.45, 7) is 7.16. The molecule has 0 bridgehead atoms. The number of nitrogens with one attached hydrogen (secondary N) is 2. The van der Waals surface area contributed by atoms with Crippen LogP contribution in [-0.2, 0) is 4.74 Å². The zero-order valence-electron chi connectivity index (χ0n) is 24.8. The molecule has 2 aromatic rings. The molecule has 2 N–H and O–H groups in total. The van der Waals surface area contributed by atoms with E-state index >= 15 is 0 Å². The minimum Gasteiger partial charge on any atom is -0.462 e. The third-order valence-electron chi connectivity index (χ3n) is 6.76. The second kappa shape index (κ2) is 19.8. The van der Waals surface area contributed by atoms with Crippen molar-refractivity contribution in [1.82, 2.24) is 9.97 Å². The van der Waals surface area contributed by atoms with Crippen molar-refractivity contribution >= 4 is 29.0 Å². The van der Waals surface area contributed by atoms with E-state index in [-0.39, 0.29) is 23.2 Å². The Morgan fingerprint density at radius 2 is 1.38 bits per heavy atom. The largest absolute Gasteiger partial charge is 0.462 e. The van der Waals surface area contributed by atoms with Gasteiger partial charge in [-0.15, -0.1) is 0 Å². The van der Waals surface area contributed by atoms with Crippen LogP contribution in [0, 0.1) is 16.0 Å². The molecule has 0 aliphatic rings. The van der Waals surface area contributed by atoms with Gasteiger partial charge in [0, 0.05) is 12.2 Å². The lowest BCUT2D eigenvalue weighted by atomic mass is 10.0. The van der Waals surface area contributed by atoms with Gasteiger partial charge in [0.25, 0.3) is 0 Å². The highest BCUT2D eigenvalue weighted by molar-refractivity contribution is 5.90. The van der Waals surface area contributed by atoms with Gasteiger partial charge < -0.3 is 15.4 Å². The molecule has 0 saturated carbocycles. The topological polar surface area (TPSA) is 119 Å². The Kier molecular flexibility index (Phi) is 16.3. The van der Waals surface area contributed by atoms with Gasteiger partial charge in [0.1, 0.15) is 6.33 Å². The number of esters is 1. The van der Waals surface area contributed by atoms with Gasteiger partial charge in [-0.2, -0.15) is 0 Å². The Labute approximate surface area is 240 Å². The molecule has 0 aliphatic carbocycles. The molecular weight excluding hydrogens is 506 g/mol. The number of hydrogen-bond donors (Lipinski definition) is 2. The van der Waals surface area contributed by atoms with E-state index < -0.39 is 10.9 Å². The number of rotatable bonds is 22. The Balaban J connectivity index is 1.71. The number of unbranched alkanes of at least 4 members (excludes halogenated alkanes) is 13. The van der Waals surface area contributed by atoms with Crippen molar-refractivity contribution in [3.63, 3.8) is 0 Å². The Bertz CT molecular complexity index is 998. The summed E-state index contributed by atoms with van der Waals surface area (Å²) >= 11 is 0. The third kappa shape index (κ3) is 13.2. The van der Waals surface area contributed by atoms with Crippen molar-refractivity contribution in [2.75, 3.05) is 23.8 Å². The molecule has 0 unspecified atom stereocenters. The maximum atomic E-state index is 12.1. The number of nitro groups is 1. The molecule has 0 saturated heterocycles. The first-order valence-corrected chi connectivity index (χ1v) is 15.2. The Hall–Kier alpha value is -3.23. The summed E-state index contributed by atoms with van der Waals surface area (Å²) < 4.78 is 5.24. The highest BCUT2D eigenvalue weighted by Gasteiger charge is 2.23. The second-order valence-corrected chi connectivity index (χ2v) is 10.9. The lowest BCUT2D eigenvalue weighted by Crippen LogP contribution is -2.10. The molecule has 40 heavy (non-hydrogen) atoms. The fourth-order valence-corrected chi connectivity index (χ4v) is 4.45. The predicted molar refractivity (Wildman–Crippen MR) is 162 cm³/mol. The zero-order chi connectivity index (χ0) is 29.0. The van der Waals surface area contributed by atoms with Gasteiger partial charge in [-0.05, 0) is 36.6 Å². The molecule has 0 amide bonds. The van der Waals surface area contributed by atoms with Crippen LogP contribution in [0.1, 0.15) is 121 Å². The van der Waals surface area contributed by atoms with Crippen molar-refractivity contribution in [2.24, 2.45) is 5.92 Å². The van der Waals surface area contributed by atoms with E-state index in [1.54, 1.807) is 24.3 Å². The number of nitrogens with zero attached hydrogens (tertiary/aromatic N) is 3. The molecule has 1 aromatic carbocycles. The van der Waals surface area contributed by atoms with Crippen molar-refractivity contribution in [3.8, 4) is 0 Å². The molecule has 0 spiro atoms. The second-order valence-electron chi connectivity index (χ2n) is 10.9. The number of carbonyl (C=O) groups is 1. The summed E-state index contributed by atoms with van der Waals surface area (Å²) in [6.07, 6.45) is 19.3. The van der Waals surface area contributed by atoms with Gasteiger partial charge in [0.15, 0.2) is 0 Å². The lowest BCUT2D eigenvalue weighted by Gasteiger charge is -2.11. The number of benzene rings is 1. The van der Waals surface area contributed by atoms with Gasteiger partial charge in [-0.3, -0.25) is 10.1 Å². The molecule has 9 heteroatoms. The first kappa shape index (κ1) is 33.0. The van der Waals surface area contributed by atoms with Crippen LogP contribution in [0.5, 0.6) is 0 Å². The Morgan fingerprint density at radius 3 is 1.90 bits per heavy atom. The minimum atomic E-state index is -0.479. The highest BCUT2D eigenvalue weighted by atomic mass is 16.6. The molecule has 0 aliphatic heterocycles. The summed E-state index contributed by atoms with van der Waals surface area (Å²) in [5.41, 5.74) is 0.785. The summed E-state index contributed by atoms with van der Waals surface area (Å²) in [4.78, 5) is 31.7. The quantitative estimate of drug-likeness (QED) is 0.0640. The predicted octanol–water partition coefficient (Wildman–Crippen LogP) is 8.83. The first-order valence-electron chi connectivity index (χ1n) is 15.2. The van der Waals surface area contributed by atoms with Crippen LogP contribution in [-0.4, -0.2) is 34.0 Å².